The summed E-state index contributed by atoms with van der Waals surface area (Å²) >= 11 is 0. The van der Waals surface area contributed by atoms with E-state index in [1.54, 1.807) is 0 Å². The van der Waals surface area contributed by atoms with Gasteiger partial charge in [0.05, 0.1) is 13.2 Å². The molecule has 0 fully saturated rings. The Morgan fingerprint density at radius 1 is 0.371 bits per heavy atom. The van der Waals surface area contributed by atoms with E-state index >= 15 is 0 Å². The molecule has 0 saturated heterocycles. The molecule has 0 aliphatic heterocycles. The van der Waals surface area contributed by atoms with E-state index in [4.69, 9.17) is 28.4 Å². The minimum Gasteiger partial charge on any atom is -0.466 e. The number of esters is 6. The number of ether oxygens (including phenoxy) is 6. The predicted octanol–water partition coefficient (Wildman–Crippen LogP) is 13.5. The Labute approximate surface area is 427 Å². The van der Waals surface area contributed by atoms with Crippen molar-refractivity contribution >= 4 is 35.8 Å². The van der Waals surface area contributed by atoms with Gasteiger partial charge in [-0.05, 0) is 90.6 Å². The van der Waals surface area contributed by atoms with Crippen molar-refractivity contribution in [3.05, 3.63) is 0 Å². The SMILES string of the molecule is CCCCCCCCCOC(=O)CCCCC(=O)OCC(COC(=O)CCCCC(=O)OCCCCCCCCC)(COC(=O)CCCN(CC)C(C)C)COC(=O)CC(CCCCC)CCCCC. The molecule has 70 heavy (non-hydrogen) atoms. The van der Waals surface area contributed by atoms with Gasteiger partial charge in [0.15, 0.2) is 0 Å². The zero-order valence-electron chi connectivity index (χ0n) is 46.0. The first-order valence-electron chi connectivity index (χ1n) is 28.5. The average molecular weight is 996 g/mol. The molecule has 0 saturated carbocycles. The van der Waals surface area contributed by atoms with Crippen LogP contribution in [0.5, 0.6) is 0 Å². The third kappa shape index (κ3) is 40.4. The third-order valence-electron chi connectivity index (χ3n) is 13.1. The Morgan fingerprint density at radius 3 is 1.04 bits per heavy atom. The fourth-order valence-electron chi connectivity index (χ4n) is 8.33. The van der Waals surface area contributed by atoms with Crippen LogP contribution in [0.1, 0.15) is 260 Å². The number of carbonyl (C=O) groups excluding carboxylic acids is 6. The van der Waals surface area contributed by atoms with Gasteiger partial charge in [-0.15, -0.1) is 0 Å². The second kappa shape index (κ2) is 46.8. The lowest BCUT2D eigenvalue weighted by Gasteiger charge is -2.32. The van der Waals surface area contributed by atoms with Crippen molar-refractivity contribution in [2.24, 2.45) is 11.3 Å². The van der Waals surface area contributed by atoms with Crippen molar-refractivity contribution in [3.63, 3.8) is 0 Å². The van der Waals surface area contributed by atoms with Crippen molar-refractivity contribution in [1.29, 1.82) is 0 Å². The normalized spacial score (nSPS) is 11.6. The van der Waals surface area contributed by atoms with E-state index in [1.807, 2.05) is 0 Å². The molecule has 0 N–H and O–H groups in total. The molecule has 0 unspecified atom stereocenters. The van der Waals surface area contributed by atoms with Crippen LogP contribution in [0.15, 0.2) is 0 Å². The monoisotopic (exact) mass is 996 g/mol. The van der Waals surface area contributed by atoms with Crippen LogP contribution in [0.4, 0.5) is 0 Å². The number of carbonyl (C=O) groups is 6. The van der Waals surface area contributed by atoms with Gasteiger partial charge in [0.2, 0.25) is 0 Å². The quantitative estimate of drug-likeness (QED) is 0.0322. The van der Waals surface area contributed by atoms with E-state index in [0.717, 1.165) is 96.4 Å². The fourth-order valence-corrected chi connectivity index (χ4v) is 8.33. The van der Waals surface area contributed by atoms with Gasteiger partial charge < -0.3 is 33.3 Å². The van der Waals surface area contributed by atoms with Crippen LogP contribution in [0.2, 0.25) is 0 Å². The minimum absolute atomic E-state index is 0.0307. The maximum absolute atomic E-state index is 13.6. The summed E-state index contributed by atoms with van der Waals surface area (Å²) in [5.74, 6) is -2.35. The lowest BCUT2D eigenvalue weighted by Crippen LogP contribution is -2.44. The summed E-state index contributed by atoms with van der Waals surface area (Å²) in [6, 6.07) is 0.327. The lowest BCUT2D eigenvalue weighted by atomic mass is 9.91. The Hall–Kier alpha value is -3.22. The van der Waals surface area contributed by atoms with Gasteiger partial charge in [-0.3, -0.25) is 28.8 Å². The van der Waals surface area contributed by atoms with Gasteiger partial charge in [-0.2, -0.15) is 0 Å². The minimum atomic E-state index is -1.39. The summed E-state index contributed by atoms with van der Waals surface area (Å²) in [6.07, 6.45) is 27.2. The van der Waals surface area contributed by atoms with Crippen LogP contribution in [-0.4, -0.2) is 99.5 Å². The van der Waals surface area contributed by atoms with Crippen molar-refractivity contribution in [3.8, 4) is 0 Å². The van der Waals surface area contributed by atoms with Gasteiger partial charge in [0.1, 0.15) is 31.8 Å². The van der Waals surface area contributed by atoms with Gasteiger partial charge in [-0.1, -0.05) is 150 Å². The molecule has 13 nitrogen and oxygen atoms in total. The molecular weight excluding hydrogens is 891 g/mol. The molecule has 0 aromatic rings. The van der Waals surface area contributed by atoms with Crippen molar-refractivity contribution in [1.82, 2.24) is 4.90 Å². The summed E-state index contributed by atoms with van der Waals surface area (Å²) in [5.41, 5.74) is -1.39. The van der Waals surface area contributed by atoms with Crippen LogP contribution < -0.4 is 0 Å². The van der Waals surface area contributed by atoms with Crippen LogP contribution in [0, 0.1) is 11.3 Å². The highest BCUT2D eigenvalue weighted by Gasteiger charge is 2.38. The van der Waals surface area contributed by atoms with Crippen molar-refractivity contribution in [2.45, 2.75) is 266 Å². The summed E-state index contributed by atoms with van der Waals surface area (Å²) in [6.45, 7) is 16.1. The van der Waals surface area contributed by atoms with Crippen LogP contribution in [-0.2, 0) is 57.2 Å². The molecule has 0 atom stereocenters. The molecule has 0 aliphatic rings. The molecule has 0 heterocycles. The number of hydrogen-bond acceptors (Lipinski definition) is 13. The third-order valence-corrected chi connectivity index (χ3v) is 13.1. The number of hydrogen-bond donors (Lipinski definition) is 0. The summed E-state index contributed by atoms with van der Waals surface area (Å²) < 4.78 is 34.2. The standard InChI is InChI=1S/C57H105NO12/c1-8-13-17-19-21-23-31-42-65-51(59)36-27-29-38-53(61)67-45-57(47-69-55(63)40-33-41-58(12-5)49(6)7,48-70-56(64)44-50(34-25-15-10-3)35-26-16-11-4)46-68-54(62)39-30-28-37-52(60)66-43-32-24-22-20-18-14-9-2/h49-50H,8-48H2,1-7H3. The topological polar surface area (TPSA) is 161 Å². The summed E-state index contributed by atoms with van der Waals surface area (Å²) in [4.78, 5) is 80.3. The zero-order valence-corrected chi connectivity index (χ0v) is 46.0. The maximum Gasteiger partial charge on any atom is 0.306 e. The van der Waals surface area contributed by atoms with Gasteiger partial charge >= 0.3 is 35.8 Å². The predicted molar refractivity (Wildman–Crippen MR) is 279 cm³/mol. The summed E-state index contributed by atoms with van der Waals surface area (Å²) in [7, 11) is 0. The second-order valence-corrected chi connectivity index (χ2v) is 20.1. The average Bonchev–Trinajstić information content (AvgIpc) is 3.34. The smallest absolute Gasteiger partial charge is 0.306 e. The molecule has 0 aromatic carbocycles. The van der Waals surface area contributed by atoms with E-state index in [9.17, 15) is 28.8 Å². The molecule has 0 spiro atoms. The van der Waals surface area contributed by atoms with E-state index in [2.05, 4.69) is 53.4 Å². The maximum atomic E-state index is 13.6. The first kappa shape index (κ1) is 66.8. The van der Waals surface area contributed by atoms with Gasteiger partial charge in [0, 0.05) is 44.6 Å². The molecule has 0 rings (SSSR count). The molecular formula is C57H105NO12. The highest BCUT2D eigenvalue weighted by Crippen LogP contribution is 2.26. The Morgan fingerprint density at radius 2 is 0.686 bits per heavy atom. The van der Waals surface area contributed by atoms with E-state index in [-0.39, 0.29) is 82.8 Å². The first-order chi connectivity index (χ1) is 33.8. The first-order valence-corrected chi connectivity index (χ1v) is 28.5. The van der Waals surface area contributed by atoms with Crippen LogP contribution in [0.25, 0.3) is 0 Å². The highest BCUT2D eigenvalue weighted by molar-refractivity contribution is 5.72. The van der Waals surface area contributed by atoms with Gasteiger partial charge in [0.25, 0.3) is 0 Å². The van der Waals surface area contributed by atoms with Crippen LogP contribution in [0.3, 0.4) is 0 Å². The van der Waals surface area contributed by atoms with Gasteiger partial charge in [-0.25, -0.2) is 0 Å². The Balaban J connectivity index is 5.85. The number of nitrogens with zero attached hydrogens (tertiary/aromatic N) is 1. The van der Waals surface area contributed by atoms with E-state index in [1.165, 1.54) is 51.4 Å². The molecule has 410 valence electrons. The van der Waals surface area contributed by atoms with Crippen LogP contribution >= 0.6 is 0 Å². The molecule has 0 aromatic heterocycles. The fraction of sp³-hybridized carbons (Fsp3) is 0.895. The van der Waals surface area contributed by atoms with E-state index < -0.39 is 29.3 Å². The Kier molecular flexibility index (Phi) is 44.7. The molecule has 0 aliphatic carbocycles. The largest absolute Gasteiger partial charge is 0.466 e. The van der Waals surface area contributed by atoms with Crippen molar-refractivity contribution in [2.75, 3.05) is 52.7 Å². The Bertz CT molecular complexity index is 1260. The summed E-state index contributed by atoms with van der Waals surface area (Å²) in [5, 5.41) is 0. The number of unbranched alkanes of at least 4 members (excludes halogenated alkanes) is 18. The lowest BCUT2D eigenvalue weighted by molar-refractivity contribution is -0.171. The second-order valence-electron chi connectivity index (χ2n) is 20.1. The molecule has 0 amide bonds. The van der Waals surface area contributed by atoms with E-state index in [0.29, 0.717) is 57.9 Å². The molecule has 0 radical (unpaired) electrons. The number of rotatable bonds is 50. The van der Waals surface area contributed by atoms with Crippen molar-refractivity contribution < 1.29 is 57.2 Å². The molecule has 0 bridgehead atoms. The zero-order chi connectivity index (χ0) is 51.9. The highest BCUT2D eigenvalue weighted by atomic mass is 16.6. The molecule has 13 heteroatoms.